The van der Waals surface area contributed by atoms with Gasteiger partial charge in [-0.05, 0) is 75.6 Å². The Kier molecular flexibility index (Phi) is 20.2. The number of rotatable bonds is 25. The molecule has 0 atom stereocenters. The van der Waals surface area contributed by atoms with Crippen LogP contribution in [0.4, 0.5) is 0 Å². The van der Waals surface area contributed by atoms with Crippen LogP contribution >= 0.6 is 21.6 Å². The highest BCUT2D eigenvalue weighted by atomic mass is 33.1. The average molecular weight is 567 g/mol. The zero-order valence-electron chi connectivity index (χ0n) is 23.4. The van der Waals surface area contributed by atoms with Crippen molar-refractivity contribution < 1.29 is 31.5 Å². The Hall–Kier alpha value is -1.42. The van der Waals surface area contributed by atoms with Crippen molar-refractivity contribution in [3.05, 3.63) is 59.7 Å². The third-order valence-electron chi connectivity index (χ3n) is 6.61. The van der Waals surface area contributed by atoms with Crippen LogP contribution in [0.1, 0.15) is 62.5 Å². The molecule has 10 N–H and O–H groups in total. The zero-order chi connectivity index (χ0) is 26.9. The van der Waals surface area contributed by atoms with E-state index in [9.17, 15) is 10.2 Å². The Bertz CT molecular complexity index is 761. The number of hydrogen-bond acceptors (Lipinski definition) is 4. The van der Waals surface area contributed by atoms with Gasteiger partial charge in [0.15, 0.2) is 0 Å². The second kappa shape index (κ2) is 23.5. The van der Waals surface area contributed by atoms with Gasteiger partial charge in [0.05, 0.1) is 50.8 Å². The predicted molar refractivity (Wildman–Crippen MR) is 162 cm³/mol. The molecule has 214 valence electrons. The predicted octanol–water partition coefficient (Wildman–Crippen LogP) is 1.55. The molecule has 0 aliphatic heterocycles. The Morgan fingerprint density at radius 1 is 0.474 bits per heavy atom. The summed E-state index contributed by atoms with van der Waals surface area (Å²) in [5.41, 5.74) is 2.40. The Labute approximate surface area is 238 Å². The van der Waals surface area contributed by atoms with Gasteiger partial charge in [0, 0.05) is 11.1 Å². The number of phenolic OH excluding ortho intramolecular Hbond substituents is 2. The highest BCUT2D eigenvalue weighted by Crippen LogP contribution is 2.18. The minimum atomic E-state index is 0.366. The van der Waals surface area contributed by atoms with Crippen LogP contribution in [0.5, 0.6) is 11.5 Å². The molecular weight excluding hydrogens is 512 g/mol. The van der Waals surface area contributed by atoms with Gasteiger partial charge in [-0.1, -0.05) is 45.9 Å². The second-order valence-electron chi connectivity index (χ2n) is 10.1. The quantitative estimate of drug-likeness (QED) is 0.0810. The van der Waals surface area contributed by atoms with Gasteiger partial charge in [-0.25, -0.2) is 0 Å². The maximum Gasteiger partial charge on any atom is 0.116 e. The van der Waals surface area contributed by atoms with E-state index in [0.717, 1.165) is 13.1 Å². The summed E-state index contributed by atoms with van der Waals surface area (Å²) in [6, 6.07) is 15.2. The van der Waals surface area contributed by atoms with Gasteiger partial charge in [-0.15, -0.1) is 0 Å². The van der Waals surface area contributed by atoms with Crippen LogP contribution < -0.4 is 21.3 Å². The van der Waals surface area contributed by atoms with Gasteiger partial charge in [0.25, 0.3) is 0 Å². The van der Waals surface area contributed by atoms with Crippen molar-refractivity contribution in [3.8, 4) is 11.5 Å². The molecule has 2 rings (SSSR count). The first kappa shape index (κ1) is 32.8. The summed E-state index contributed by atoms with van der Waals surface area (Å²) in [7, 11) is 4.07. The van der Waals surface area contributed by atoms with Crippen molar-refractivity contribution in [1.82, 2.24) is 0 Å². The highest BCUT2D eigenvalue weighted by Gasteiger charge is 2.00. The molecule has 0 aromatic heterocycles. The van der Waals surface area contributed by atoms with Crippen molar-refractivity contribution >= 4 is 21.6 Å². The van der Waals surface area contributed by atoms with Crippen LogP contribution in [0, 0.1) is 0 Å². The Balaban J connectivity index is 1.20. The van der Waals surface area contributed by atoms with Gasteiger partial charge in [0.2, 0.25) is 0 Å². The van der Waals surface area contributed by atoms with Gasteiger partial charge < -0.3 is 31.5 Å². The molecule has 0 unspecified atom stereocenters. The minimum absolute atomic E-state index is 0.366. The number of unbranched alkanes of at least 4 members (excludes halogenated alkanes) is 6. The second-order valence-corrected chi connectivity index (χ2v) is 12.8. The molecule has 0 spiro atoms. The van der Waals surface area contributed by atoms with Crippen molar-refractivity contribution in [2.24, 2.45) is 0 Å². The lowest BCUT2D eigenvalue weighted by Crippen LogP contribution is -2.85. The molecule has 0 heterocycles. The van der Waals surface area contributed by atoms with Crippen molar-refractivity contribution in [3.63, 3.8) is 0 Å². The number of hydrogen-bond donors (Lipinski definition) is 6. The van der Waals surface area contributed by atoms with Crippen molar-refractivity contribution in [2.45, 2.75) is 64.5 Å². The van der Waals surface area contributed by atoms with Gasteiger partial charge in [0.1, 0.15) is 24.6 Å². The van der Waals surface area contributed by atoms with Crippen LogP contribution in [0.15, 0.2) is 48.5 Å². The van der Waals surface area contributed by atoms with Crippen LogP contribution in [0.3, 0.4) is 0 Å². The molecule has 6 nitrogen and oxygen atoms in total. The summed E-state index contributed by atoms with van der Waals surface area (Å²) in [6.45, 7) is 9.28. The minimum Gasteiger partial charge on any atom is -0.508 e. The fourth-order valence-electron chi connectivity index (χ4n) is 4.44. The molecule has 0 aliphatic carbocycles. The molecule has 0 saturated heterocycles. The molecule has 0 radical (unpaired) electrons. The summed E-state index contributed by atoms with van der Waals surface area (Å²) < 4.78 is 0. The van der Waals surface area contributed by atoms with E-state index >= 15 is 0 Å². The smallest absolute Gasteiger partial charge is 0.116 e. The van der Waals surface area contributed by atoms with Crippen molar-refractivity contribution in [1.29, 1.82) is 0 Å². The summed E-state index contributed by atoms with van der Waals surface area (Å²) in [5, 5.41) is 28.7. The largest absolute Gasteiger partial charge is 0.508 e. The van der Waals surface area contributed by atoms with Crippen LogP contribution in [0.25, 0.3) is 0 Å². The molecule has 0 aliphatic rings. The Morgan fingerprint density at radius 3 is 1.26 bits per heavy atom. The number of quaternary nitrogens is 4. The van der Waals surface area contributed by atoms with Gasteiger partial charge >= 0.3 is 0 Å². The normalized spacial score (nSPS) is 11.3. The topological polar surface area (TPSA) is 107 Å². The van der Waals surface area contributed by atoms with Crippen LogP contribution in [-0.2, 0) is 13.1 Å². The summed E-state index contributed by atoms with van der Waals surface area (Å²) in [4.78, 5) is 0. The van der Waals surface area contributed by atoms with Gasteiger partial charge in [-0.2, -0.15) is 0 Å². The van der Waals surface area contributed by atoms with Crippen molar-refractivity contribution in [2.75, 3.05) is 50.8 Å². The SMILES string of the molecule is Oc1cccc(C[NH2+]CCCCCC[NH2+]CCSSCC[NH2+]CCCCCC[NH2+]Cc2cccc(O)c2)c1. The van der Waals surface area contributed by atoms with E-state index in [4.69, 9.17) is 0 Å². The van der Waals surface area contributed by atoms with Crippen LogP contribution in [0.2, 0.25) is 0 Å². The number of aromatic hydroxyl groups is 2. The first-order chi connectivity index (χ1) is 18.7. The Morgan fingerprint density at radius 2 is 0.868 bits per heavy atom. The molecule has 8 heteroatoms. The van der Waals surface area contributed by atoms with E-state index in [1.54, 1.807) is 12.1 Å². The average Bonchev–Trinajstić information content (AvgIpc) is 2.91. The van der Waals surface area contributed by atoms with E-state index in [1.807, 2.05) is 45.9 Å². The fourth-order valence-corrected chi connectivity index (χ4v) is 6.48. The molecule has 38 heavy (non-hydrogen) atoms. The maximum atomic E-state index is 9.50. The number of phenols is 2. The van der Waals surface area contributed by atoms with E-state index < -0.39 is 0 Å². The third-order valence-corrected chi connectivity index (χ3v) is 9.08. The lowest BCUT2D eigenvalue weighted by molar-refractivity contribution is -0.671. The number of benzene rings is 2. The summed E-state index contributed by atoms with van der Waals surface area (Å²) in [5.74, 6) is 3.23. The van der Waals surface area contributed by atoms with E-state index in [-0.39, 0.29) is 0 Å². The molecule has 2 aromatic carbocycles. The first-order valence-electron chi connectivity index (χ1n) is 14.8. The van der Waals surface area contributed by atoms with E-state index in [2.05, 4.69) is 33.4 Å². The monoisotopic (exact) mass is 566 g/mol. The van der Waals surface area contributed by atoms with E-state index in [1.165, 1.54) is 113 Å². The highest BCUT2D eigenvalue weighted by molar-refractivity contribution is 8.76. The molecule has 0 saturated carbocycles. The lowest BCUT2D eigenvalue weighted by atomic mass is 10.2. The summed E-state index contributed by atoms with van der Waals surface area (Å²) >= 11 is 0. The molecule has 0 fully saturated rings. The molecule has 0 bridgehead atoms. The molecular formula is C30H54N4O2S2+4. The summed E-state index contributed by atoms with van der Waals surface area (Å²) in [6.07, 6.45) is 10.6. The maximum absolute atomic E-state index is 9.50. The number of nitrogens with two attached hydrogens (primary N) is 4. The standard InChI is InChI=1S/C30H50N4O2S2/c35-29-13-9-11-27(23-29)25-33-17-7-3-1-5-15-31-19-21-37-38-22-20-32-16-6-2-4-8-18-34-26-28-12-10-14-30(36)24-28/h9-14,23-24,31-36H,1-8,15-22,25-26H2/p+4. The first-order valence-corrected chi connectivity index (χ1v) is 17.3. The zero-order valence-corrected chi connectivity index (χ0v) is 25.0. The van der Waals surface area contributed by atoms with Gasteiger partial charge in [-0.3, -0.25) is 0 Å². The van der Waals surface area contributed by atoms with E-state index in [0.29, 0.717) is 11.5 Å². The third kappa shape index (κ3) is 18.8. The fraction of sp³-hybridized carbons (Fsp3) is 0.600. The van der Waals surface area contributed by atoms with Crippen LogP contribution in [-0.4, -0.2) is 61.0 Å². The molecule has 0 amide bonds. The lowest BCUT2D eigenvalue weighted by Gasteiger charge is -2.04. The molecule has 2 aromatic rings.